The van der Waals surface area contributed by atoms with Crippen LogP contribution in [0.4, 0.5) is 4.39 Å². The molecule has 0 radical (unpaired) electrons. The number of nitrogens with one attached hydrogen (secondary N) is 1. The second-order valence-corrected chi connectivity index (χ2v) is 4.54. The van der Waals surface area contributed by atoms with Crippen LogP contribution < -0.4 is 10.1 Å². The first kappa shape index (κ1) is 12.0. The predicted molar refractivity (Wildman–Crippen MR) is 66.2 cm³/mol. The second-order valence-electron chi connectivity index (χ2n) is 4.54. The summed E-state index contributed by atoms with van der Waals surface area (Å²) in [6, 6.07) is 0. The van der Waals surface area contributed by atoms with Crippen molar-refractivity contribution in [3.8, 4) is 17.4 Å². The summed E-state index contributed by atoms with van der Waals surface area (Å²) >= 11 is 0. The topological polar surface area (TPSA) is 64.9 Å². The SMILES string of the molecule is Cc1cnn(C)c1-c1ncc(F)c(OC2CNC2)n1. The zero-order valence-electron chi connectivity index (χ0n) is 10.7. The van der Waals surface area contributed by atoms with E-state index in [1.54, 1.807) is 17.9 Å². The van der Waals surface area contributed by atoms with Gasteiger partial charge in [-0.25, -0.2) is 4.98 Å². The summed E-state index contributed by atoms with van der Waals surface area (Å²) in [6.45, 7) is 3.33. The van der Waals surface area contributed by atoms with Gasteiger partial charge in [0.15, 0.2) is 5.82 Å². The van der Waals surface area contributed by atoms with Crippen molar-refractivity contribution in [2.24, 2.45) is 7.05 Å². The molecule has 100 valence electrons. The highest BCUT2D eigenvalue weighted by Gasteiger charge is 2.22. The fourth-order valence-electron chi connectivity index (χ4n) is 1.92. The van der Waals surface area contributed by atoms with Gasteiger partial charge in [0, 0.05) is 20.1 Å². The third kappa shape index (κ3) is 2.17. The quantitative estimate of drug-likeness (QED) is 0.882. The lowest BCUT2D eigenvalue weighted by molar-refractivity contribution is 0.129. The summed E-state index contributed by atoms with van der Waals surface area (Å²) in [7, 11) is 1.80. The van der Waals surface area contributed by atoms with Gasteiger partial charge in [-0.15, -0.1) is 0 Å². The molecule has 3 heterocycles. The van der Waals surface area contributed by atoms with Crippen LogP contribution in [0.25, 0.3) is 11.5 Å². The molecule has 0 spiro atoms. The largest absolute Gasteiger partial charge is 0.469 e. The third-order valence-electron chi connectivity index (χ3n) is 3.07. The minimum Gasteiger partial charge on any atom is -0.469 e. The Hall–Kier alpha value is -2.02. The molecular formula is C12H14FN5O. The van der Waals surface area contributed by atoms with E-state index in [2.05, 4.69) is 20.4 Å². The van der Waals surface area contributed by atoms with Gasteiger partial charge in [0.1, 0.15) is 11.8 Å². The highest BCUT2D eigenvalue weighted by Crippen LogP contribution is 2.23. The Morgan fingerprint density at radius 2 is 2.21 bits per heavy atom. The number of rotatable bonds is 3. The lowest BCUT2D eigenvalue weighted by Crippen LogP contribution is -2.50. The molecule has 2 aromatic rings. The van der Waals surface area contributed by atoms with E-state index in [4.69, 9.17) is 4.74 Å². The average Bonchev–Trinajstić information content (AvgIpc) is 2.66. The van der Waals surface area contributed by atoms with Crippen molar-refractivity contribution in [2.75, 3.05) is 13.1 Å². The van der Waals surface area contributed by atoms with E-state index >= 15 is 0 Å². The van der Waals surface area contributed by atoms with Gasteiger partial charge >= 0.3 is 0 Å². The minimum atomic E-state index is -0.546. The maximum Gasteiger partial charge on any atom is 0.254 e. The molecule has 0 bridgehead atoms. The monoisotopic (exact) mass is 263 g/mol. The molecule has 6 nitrogen and oxygen atoms in total. The molecule has 0 saturated carbocycles. The van der Waals surface area contributed by atoms with Crippen LogP contribution in [0, 0.1) is 12.7 Å². The molecule has 19 heavy (non-hydrogen) atoms. The van der Waals surface area contributed by atoms with Crippen LogP contribution in [0.2, 0.25) is 0 Å². The van der Waals surface area contributed by atoms with Gasteiger partial charge in [-0.1, -0.05) is 0 Å². The average molecular weight is 263 g/mol. The molecule has 7 heteroatoms. The van der Waals surface area contributed by atoms with Crippen LogP contribution in [0.15, 0.2) is 12.4 Å². The molecule has 0 atom stereocenters. The Bertz CT molecular complexity index is 589. The van der Waals surface area contributed by atoms with E-state index in [1.165, 1.54) is 0 Å². The first-order valence-electron chi connectivity index (χ1n) is 6.04. The molecule has 0 aliphatic carbocycles. The van der Waals surface area contributed by atoms with Crippen LogP contribution in [0.5, 0.6) is 5.88 Å². The number of halogens is 1. The third-order valence-corrected chi connectivity index (χ3v) is 3.07. The van der Waals surface area contributed by atoms with Gasteiger partial charge in [0.2, 0.25) is 5.82 Å². The molecule has 1 aliphatic rings. The first-order valence-corrected chi connectivity index (χ1v) is 6.04. The van der Waals surface area contributed by atoms with Gasteiger partial charge in [-0.05, 0) is 12.5 Å². The van der Waals surface area contributed by atoms with Crippen LogP contribution in [-0.4, -0.2) is 38.9 Å². The highest BCUT2D eigenvalue weighted by atomic mass is 19.1. The Balaban J connectivity index is 1.96. The molecule has 3 rings (SSSR count). The molecule has 0 amide bonds. The predicted octanol–water partition coefficient (Wildman–Crippen LogP) is 0.675. The Labute approximate surface area is 109 Å². The summed E-state index contributed by atoms with van der Waals surface area (Å²) in [5.74, 6) is -0.131. The van der Waals surface area contributed by atoms with E-state index in [0.717, 1.165) is 17.5 Å². The Kier molecular flexibility index (Phi) is 2.90. The standard InChI is InChI=1S/C12H14FN5O/c1-7-3-16-18(2)10(7)11-15-6-9(13)12(17-11)19-8-4-14-5-8/h3,6,8,14H,4-5H2,1-2H3. The van der Waals surface area contributed by atoms with Crippen molar-refractivity contribution in [1.29, 1.82) is 0 Å². The van der Waals surface area contributed by atoms with Crippen molar-refractivity contribution in [1.82, 2.24) is 25.1 Å². The van der Waals surface area contributed by atoms with Crippen molar-refractivity contribution in [3.05, 3.63) is 23.8 Å². The molecule has 1 aliphatic heterocycles. The molecule has 1 fully saturated rings. The summed E-state index contributed by atoms with van der Waals surface area (Å²) < 4.78 is 20.8. The van der Waals surface area contributed by atoms with Crippen LogP contribution in [-0.2, 0) is 7.05 Å². The van der Waals surface area contributed by atoms with Crippen molar-refractivity contribution in [2.45, 2.75) is 13.0 Å². The van der Waals surface area contributed by atoms with E-state index in [0.29, 0.717) is 18.9 Å². The van der Waals surface area contributed by atoms with Gasteiger partial charge in [-0.3, -0.25) is 4.68 Å². The maximum absolute atomic E-state index is 13.6. The van der Waals surface area contributed by atoms with E-state index in [1.807, 2.05) is 6.92 Å². The Morgan fingerprint density at radius 1 is 1.42 bits per heavy atom. The number of hydrogen-bond acceptors (Lipinski definition) is 5. The summed E-state index contributed by atoms with van der Waals surface area (Å²) in [6.07, 6.45) is 2.83. The molecular weight excluding hydrogens is 249 g/mol. The van der Waals surface area contributed by atoms with Gasteiger partial charge in [0.05, 0.1) is 12.4 Å². The smallest absolute Gasteiger partial charge is 0.254 e. The number of hydrogen-bond donors (Lipinski definition) is 1. The lowest BCUT2D eigenvalue weighted by Gasteiger charge is -2.27. The normalized spacial score (nSPS) is 15.3. The van der Waals surface area contributed by atoms with E-state index < -0.39 is 5.82 Å². The number of nitrogens with zero attached hydrogens (tertiary/aromatic N) is 4. The summed E-state index contributed by atoms with van der Waals surface area (Å²) in [5, 5.41) is 7.18. The van der Waals surface area contributed by atoms with Gasteiger partial charge in [-0.2, -0.15) is 14.5 Å². The Morgan fingerprint density at radius 3 is 2.79 bits per heavy atom. The van der Waals surface area contributed by atoms with Crippen LogP contribution >= 0.6 is 0 Å². The van der Waals surface area contributed by atoms with Crippen LogP contribution in [0.1, 0.15) is 5.56 Å². The molecule has 2 aromatic heterocycles. The van der Waals surface area contributed by atoms with Crippen molar-refractivity contribution < 1.29 is 9.13 Å². The van der Waals surface area contributed by atoms with Gasteiger partial charge in [0.25, 0.3) is 5.88 Å². The van der Waals surface area contributed by atoms with Crippen molar-refractivity contribution >= 4 is 0 Å². The summed E-state index contributed by atoms with van der Waals surface area (Å²) in [4.78, 5) is 8.17. The highest BCUT2D eigenvalue weighted by molar-refractivity contribution is 5.54. The minimum absolute atomic E-state index is 0.00269. The van der Waals surface area contributed by atoms with Crippen LogP contribution in [0.3, 0.4) is 0 Å². The molecule has 0 unspecified atom stereocenters. The number of aryl methyl sites for hydroxylation is 2. The zero-order valence-corrected chi connectivity index (χ0v) is 10.7. The fourth-order valence-corrected chi connectivity index (χ4v) is 1.92. The lowest BCUT2D eigenvalue weighted by atomic mass is 10.2. The molecule has 1 saturated heterocycles. The first-order chi connectivity index (χ1) is 9.15. The van der Waals surface area contributed by atoms with E-state index in [-0.39, 0.29) is 12.0 Å². The molecule has 0 aromatic carbocycles. The summed E-state index contributed by atoms with van der Waals surface area (Å²) in [5.41, 5.74) is 1.70. The second kappa shape index (κ2) is 4.58. The van der Waals surface area contributed by atoms with Crippen molar-refractivity contribution in [3.63, 3.8) is 0 Å². The number of ether oxygens (including phenoxy) is 1. The maximum atomic E-state index is 13.6. The number of aromatic nitrogens is 4. The van der Waals surface area contributed by atoms with E-state index in [9.17, 15) is 4.39 Å². The molecule has 1 N–H and O–H groups in total. The van der Waals surface area contributed by atoms with Gasteiger partial charge < -0.3 is 10.1 Å². The zero-order chi connectivity index (χ0) is 13.4. The fraction of sp³-hybridized carbons (Fsp3) is 0.417.